The Balaban J connectivity index is 2.13. The molecular formula is C15H14N2O3. The monoisotopic (exact) mass is 270 g/mol. The molecule has 1 heterocycles. The second-order valence-corrected chi connectivity index (χ2v) is 4.11. The predicted molar refractivity (Wildman–Crippen MR) is 74.1 cm³/mol. The summed E-state index contributed by atoms with van der Waals surface area (Å²) in [6, 6.07) is 12.3. The number of rotatable bonds is 4. The van der Waals surface area contributed by atoms with Crippen LogP contribution in [0.3, 0.4) is 0 Å². The molecule has 0 unspecified atom stereocenters. The van der Waals surface area contributed by atoms with Crippen LogP contribution in [0.1, 0.15) is 23.0 Å². The summed E-state index contributed by atoms with van der Waals surface area (Å²) >= 11 is 0. The lowest BCUT2D eigenvalue weighted by Crippen LogP contribution is -2.15. The molecule has 0 saturated carbocycles. The van der Waals surface area contributed by atoms with E-state index in [1.807, 2.05) is 6.07 Å². The predicted octanol–water partition coefficient (Wildman–Crippen LogP) is 2.40. The fourth-order valence-electron chi connectivity index (χ4n) is 1.63. The van der Waals surface area contributed by atoms with Crippen LogP contribution in [0.5, 0.6) is 0 Å². The number of benzene rings is 1. The largest absolute Gasteiger partial charge is 0.461 e. The second kappa shape index (κ2) is 6.47. The number of carbonyl (C=O) groups is 2. The van der Waals surface area contributed by atoms with Crippen LogP contribution in [0.2, 0.25) is 0 Å². The van der Waals surface area contributed by atoms with Crippen LogP contribution in [-0.4, -0.2) is 16.9 Å². The number of aromatic nitrogens is 1. The van der Waals surface area contributed by atoms with Gasteiger partial charge in [0.1, 0.15) is 12.3 Å². The van der Waals surface area contributed by atoms with Crippen LogP contribution in [0, 0.1) is 0 Å². The van der Waals surface area contributed by atoms with Crippen LogP contribution in [0.4, 0.5) is 5.69 Å². The van der Waals surface area contributed by atoms with Gasteiger partial charge in [-0.1, -0.05) is 24.3 Å². The molecule has 0 saturated heterocycles. The minimum absolute atomic E-state index is 0.119. The van der Waals surface area contributed by atoms with Gasteiger partial charge in [0, 0.05) is 24.4 Å². The third-order valence-electron chi connectivity index (χ3n) is 2.59. The Bertz CT molecular complexity index is 612. The molecule has 1 amide bonds. The lowest BCUT2D eigenvalue weighted by Gasteiger charge is -2.10. The molecule has 102 valence electrons. The van der Waals surface area contributed by atoms with Gasteiger partial charge in [0.15, 0.2) is 0 Å². The Morgan fingerprint density at radius 1 is 1.15 bits per heavy atom. The Morgan fingerprint density at radius 2 is 1.90 bits per heavy atom. The standard InChI is InChI=1S/C15H14N2O3/c1-11(18)20-10-12-6-2-3-7-13(12)17-15(19)14-8-4-5-9-16-14/h2-9H,10H2,1H3,(H,17,19). The molecular weight excluding hydrogens is 256 g/mol. The summed E-state index contributed by atoms with van der Waals surface area (Å²) in [6.45, 7) is 1.46. The van der Waals surface area contributed by atoms with Crippen molar-refractivity contribution in [2.45, 2.75) is 13.5 Å². The number of esters is 1. The van der Waals surface area contributed by atoms with Crippen molar-refractivity contribution in [1.82, 2.24) is 4.98 Å². The number of para-hydroxylation sites is 1. The summed E-state index contributed by atoms with van der Waals surface area (Å²) < 4.78 is 4.95. The third-order valence-corrected chi connectivity index (χ3v) is 2.59. The number of carbonyl (C=O) groups excluding carboxylic acids is 2. The van der Waals surface area contributed by atoms with Crippen molar-refractivity contribution in [3.63, 3.8) is 0 Å². The van der Waals surface area contributed by atoms with Crippen LogP contribution in [-0.2, 0) is 16.1 Å². The summed E-state index contributed by atoms with van der Waals surface area (Å²) in [7, 11) is 0. The van der Waals surface area contributed by atoms with Crippen molar-refractivity contribution < 1.29 is 14.3 Å². The van der Waals surface area contributed by atoms with E-state index in [0.29, 0.717) is 11.4 Å². The maximum Gasteiger partial charge on any atom is 0.302 e. The molecule has 0 atom stereocenters. The van der Waals surface area contributed by atoms with Gasteiger partial charge in [-0.2, -0.15) is 0 Å². The van der Waals surface area contributed by atoms with Crippen molar-refractivity contribution in [3.8, 4) is 0 Å². The fourth-order valence-corrected chi connectivity index (χ4v) is 1.63. The molecule has 0 aliphatic carbocycles. The molecule has 2 aromatic rings. The number of pyridine rings is 1. The summed E-state index contributed by atoms with van der Waals surface area (Å²) in [5.41, 5.74) is 1.66. The number of nitrogens with one attached hydrogen (secondary N) is 1. The van der Waals surface area contributed by atoms with E-state index in [1.54, 1.807) is 42.6 Å². The first-order valence-electron chi connectivity index (χ1n) is 6.10. The highest BCUT2D eigenvalue weighted by atomic mass is 16.5. The molecule has 20 heavy (non-hydrogen) atoms. The van der Waals surface area contributed by atoms with Gasteiger partial charge in [0.05, 0.1) is 0 Å². The smallest absolute Gasteiger partial charge is 0.302 e. The first kappa shape index (κ1) is 13.7. The zero-order valence-electron chi connectivity index (χ0n) is 11.0. The van der Waals surface area contributed by atoms with Crippen molar-refractivity contribution in [2.24, 2.45) is 0 Å². The minimum atomic E-state index is -0.365. The van der Waals surface area contributed by atoms with Gasteiger partial charge < -0.3 is 10.1 Å². The van der Waals surface area contributed by atoms with Gasteiger partial charge in [-0.05, 0) is 18.2 Å². The van der Waals surface area contributed by atoms with E-state index in [9.17, 15) is 9.59 Å². The molecule has 0 aliphatic heterocycles. The molecule has 0 spiro atoms. The fraction of sp³-hybridized carbons (Fsp3) is 0.133. The Morgan fingerprint density at radius 3 is 2.60 bits per heavy atom. The van der Waals surface area contributed by atoms with Gasteiger partial charge in [0.25, 0.3) is 5.91 Å². The molecule has 2 rings (SSSR count). The van der Waals surface area contributed by atoms with E-state index in [0.717, 1.165) is 5.56 Å². The molecule has 5 nitrogen and oxygen atoms in total. The van der Waals surface area contributed by atoms with Gasteiger partial charge >= 0.3 is 5.97 Å². The molecule has 0 aliphatic rings. The van der Waals surface area contributed by atoms with E-state index in [2.05, 4.69) is 10.3 Å². The van der Waals surface area contributed by atoms with Crippen molar-refractivity contribution in [1.29, 1.82) is 0 Å². The molecule has 0 radical (unpaired) electrons. The van der Waals surface area contributed by atoms with Crippen LogP contribution in [0.15, 0.2) is 48.7 Å². The molecule has 1 aromatic carbocycles. The average molecular weight is 270 g/mol. The van der Waals surface area contributed by atoms with Crippen LogP contribution in [0.25, 0.3) is 0 Å². The highest BCUT2D eigenvalue weighted by molar-refractivity contribution is 6.03. The Labute approximate surface area is 116 Å². The van der Waals surface area contributed by atoms with Gasteiger partial charge in [-0.25, -0.2) is 0 Å². The Hall–Kier alpha value is -2.69. The van der Waals surface area contributed by atoms with E-state index >= 15 is 0 Å². The number of hydrogen-bond acceptors (Lipinski definition) is 4. The average Bonchev–Trinajstić information content (AvgIpc) is 2.47. The topological polar surface area (TPSA) is 68.3 Å². The lowest BCUT2D eigenvalue weighted by molar-refractivity contribution is -0.142. The highest BCUT2D eigenvalue weighted by Crippen LogP contribution is 2.17. The van der Waals surface area contributed by atoms with Crippen molar-refractivity contribution in [3.05, 3.63) is 59.9 Å². The number of nitrogens with zero attached hydrogens (tertiary/aromatic N) is 1. The molecule has 0 fully saturated rings. The quantitative estimate of drug-likeness (QED) is 0.866. The number of anilines is 1. The molecule has 0 bridgehead atoms. The third kappa shape index (κ3) is 3.65. The van der Waals surface area contributed by atoms with E-state index in [1.165, 1.54) is 6.92 Å². The summed E-state index contributed by atoms with van der Waals surface area (Å²) in [5.74, 6) is -0.670. The SMILES string of the molecule is CC(=O)OCc1ccccc1NC(=O)c1ccccn1. The summed E-state index contributed by atoms with van der Waals surface area (Å²) in [6.07, 6.45) is 1.56. The maximum absolute atomic E-state index is 12.0. The molecule has 1 N–H and O–H groups in total. The number of ether oxygens (including phenoxy) is 1. The van der Waals surface area contributed by atoms with Crippen LogP contribution < -0.4 is 5.32 Å². The van der Waals surface area contributed by atoms with Crippen molar-refractivity contribution in [2.75, 3.05) is 5.32 Å². The zero-order valence-corrected chi connectivity index (χ0v) is 11.0. The first-order chi connectivity index (χ1) is 9.66. The van der Waals surface area contributed by atoms with Crippen molar-refractivity contribution >= 4 is 17.6 Å². The van der Waals surface area contributed by atoms with Gasteiger partial charge in [0.2, 0.25) is 0 Å². The minimum Gasteiger partial charge on any atom is -0.461 e. The van der Waals surface area contributed by atoms with E-state index in [-0.39, 0.29) is 18.5 Å². The van der Waals surface area contributed by atoms with Crippen LogP contribution >= 0.6 is 0 Å². The Kier molecular flexibility index (Phi) is 4.44. The first-order valence-corrected chi connectivity index (χ1v) is 6.10. The highest BCUT2D eigenvalue weighted by Gasteiger charge is 2.10. The molecule has 1 aromatic heterocycles. The van der Waals surface area contributed by atoms with E-state index in [4.69, 9.17) is 4.74 Å². The maximum atomic E-state index is 12.0. The zero-order chi connectivity index (χ0) is 14.4. The number of amides is 1. The number of hydrogen-bond donors (Lipinski definition) is 1. The lowest BCUT2D eigenvalue weighted by atomic mass is 10.2. The normalized spacial score (nSPS) is 9.85. The van der Waals surface area contributed by atoms with Gasteiger partial charge in [-0.3, -0.25) is 14.6 Å². The van der Waals surface area contributed by atoms with Gasteiger partial charge in [-0.15, -0.1) is 0 Å². The second-order valence-electron chi connectivity index (χ2n) is 4.11. The summed E-state index contributed by atoms with van der Waals surface area (Å²) in [5, 5.41) is 2.76. The summed E-state index contributed by atoms with van der Waals surface area (Å²) in [4.78, 5) is 26.9. The van der Waals surface area contributed by atoms with E-state index < -0.39 is 0 Å². The molecule has 5 heteroatoms.